The maximum Gasteiger partial charge on any atom is 0.259 e. The molecule has 5 rings (SSSR count). The van der Waals surface area contributed by atoms with Gasteiger partial charge in [-0.05, 0) is 63.3 Å². The number of likely N-dealkylation sites (tertiary alicyclic amines) is 1. The van der Waals surface area contributed by atoms with E-state index in [1.54, 1.807) is 18.4 Å². The van der Waals surface area contributed by atoms with Crippen LogP contribution in [-0.4, -0.2) is 87.3 Å². The largest absolute Gasteiger partial charge is 0.492 e. The van der Waals surface area contributed by atoms with Crippen molar-refractivity contribution in [3.63, 3.8) is 0 Å². The molecule has 11 nitrogen and oxygen atoms in total. The van der Waals surface area contributed by atoms with Crippen LogP contribution in [0.5, 0.6) is 5.75 Å². The van der Waals surface area contributed by atoms with Crippen molar-refractivity contribution in [2.45, 2.75) is 18.9 Å². The maximum atomic E-state index is 6.04. The summed E-state index contributed by atoms with van der Waals surface area (Å²) in [4.78, 5) is 17.8. The first-order valence-corrected chi connectivity index (χ1v) is 11.8. The molecule has 3 N–H and O–H groups in total. The highest BCUT2D eigenvalue weighted by atomic mass is 16.5. The number of anilines is 2. The molecule has 1 aromatic carbocycles. The Balaban J connectivity index is 1.09. The molecule has 0 radical (unpaired) electrons. The molecule has 0 amide bonds. The molecule has 0 bridgehead atoms. The molecular formula is C24H31N9O2. The number of nitrogens with zero attached hydrogens (tertiary/aromatic N) is 7. The topological polar surface area (TPSA) is 123 Å². The first-order valence-electron chi connectivity index (χ1n) is 11.8. The van der Waals surface area contributed by atoms with Gasteiger partial charge in [0, 0.05) is 25.7 Å². The average Bonchev–Trinajstić information content (AvgIpc) is 3.61. The second-order valence-corrected chi connectivity index (χ2v) is 8.91. The number of nitrogen functional groups attached to an aromatic ring is 1. The number of hydrogen-bond donors (Lipinski definition) is 2. The lowest BCUT2D eigenvalue weighted by atomic mass is 10.1. The molecule has 1 aliphatic rings. The van der Waals surface area contributed by atoms with Crippen LogP contribution in [0.3, 0.4) is 0 Å². The summed E-state index contributed by atoms with van der Waals surface area (Å²) in [5, 5.41) is 7.52. The van der Waals surface area contributed by atoms with Gasteiger partial charge in [-0.3, -0.25) is 4.90 Å². The monoisotopic (exact) mass is 477 g/mol. The molecule has 1 aliphatic heterocycles. The van der Waals surface area contributed by atoms with E-state index in [1.165, 1.54) is 16.5 Å². The molecule has 0 saturated carbocycles. The van der Waals surface area contributed by atoms with Crippen LogP contribution in [0.15, 0.2) is 47.1 Å². The highest BCUT2D eigenvalue weighted by Gasteiger charge is 2.23. The average molecular weight is 478 g/mol. The lowest BCUT2D eigenvalue weighted by Crippen LogP contribution is -2.33. The second-order valence-electron chi connectivity index (χ2n) is 8.91. The molecule has 35 heavy (non-hydrogen) atoms. The van der Waals surface area contributed by atoms with E-state index in [4.69, 9.17) is 14.9 Å². The number of nitrogens with one attached hydrogen (secondary N) is 1. The van der Waals surface area contributed by atoms with Crippen molar-refractivity contribution in [2.24, 2.45) is 0 Å². The van der Waals surface area contributed by atoms with E-state index >= 15 is 0 Å². The van der Waals surface area contributed by atoms with Crippen LogP contribution in [0.1, 0.15) is 12.0 Å². The lowest BCUT2D eigenvalue weighted by molar-refractivity contribution is 0.220. The van der Waals surface area contributed by atoms with Crippen LogP contribution < -0.4 is 15.8 Å². The summed E-state index contributed by atoms with van der Waals surface area (Å²) in [5.74, 6) is 2.83. The molecule has 4 aromatic rings. The molecule has 1 unspecified atom stereocenters. The van der Waals surface area contributed by atoms with E-state index in [9.17, 15) is 0 Å². The molecular weight excluding hydrogens is 446 g/mol. The minimum absolute atomic E-state index is 0.204. The van der Waals surface area contributed by atoms with E-state index < -0.39 is 0 Å². The van der Waals surface area contributed by atoms with Gasteiger partial charge in [-0.1, -0.05) is 12.1 Å². The summed E-state index contributed by atoms with van der Waals surface area (Å²) in [6.45, 7) is 4.57. The zero-order valence-electron chi connectivity index (χ0n) is 20.1. The van der Waals surface area contributed by atoms with E-state index in [0.29, 0.717) is 42.5 Å². The van der Waals surface area contributed by atoms with Gasteiger partial charge in [0.1, 0.15) is 12.4 Å². The predicted molar refractivity (Wildman–Crippen MR) is 133 cm³/mol. The normalized spacial score (nSPS) is 16.4. The Morgan fingerprint density at radius 3 is 2.77 bits per heavy atom. The van der Waals surface area contributed by atoms with Crippen molar-refractivity contribution in [1.82, 2.24) is 34.4 Å². The van der Waals surface area contributed by atoms with Crippen molar-refractivity contribution in [3.8, 4) is 17.3 Å². The summed E-state index contributed by atoms with van der Waals surface area (Å²) < 4.78 is 12.7. The fourth-order valence-electron chi connectivity index (χ4n) is 4.20. The minimum atomic E-state index is 0.204. The third-order valence-corrected chi connectivity index (χ3v) is 6.25. The van der Waals surface area contributed by atoms with Crippen LogP contribution in [-0.2, 0) is 6.42 Å². The van der Waals surface area contributed by atoms with Gasteiger partial charge in [0.05, 0.1) is 6.26 Å². The summed E-state index contributed by atoms with van der Waals surface area (Å²) >= 11 is 0. The lowest BCUT2D eigenvalue weighted by Gasteiger charge is -2.20. The van der Waals surface area contributed by atoms with E-state index in [1.807, 2.05) is 12.1 Å². The Kier molecular flexibility index (Phi) is 6.77. The first-order chi connectivity index (χ1) is 17.0. The molecule has 3 aromatic heterocycles. The summed E-state index contributed by atoms with van der Waals surface area (Å²) in [6, 6.07) is 12.4. The molecule has 0 aliphatic carbocycles. The molecule has 1 saturated heterocycles. The summed E-state index contributed by atoms with van der Waals surface area (Å²) in [7, 11) is 4.30. The molecule has 1 atom stereocenters. The fraction of sp³-hybridized carbons (Fsp3) is 0.417. The Hall–Kier alpha value is -3.70. The molecule has 11 heteroatoms. The smallest absolute Gasteiger partial charge is 0.259 e. The predicted octanol–water partition coefficient (Wildman–Crippen LogP) is 2.03. The Morgan fingerprint density at radius 2 is 2.03 bits per heavy atom. The van der Waals surface area contributed by atoms with Gasteiger partial charge in [0.2, 0.25) is 17.7 Å². The maximum absolute atomic E-state index is 6.04. The standard InChI is InChI=1S/C24H31N9O2/c1-31(2)18-10-12-32(16-18)13-15-34-19-7-5-17(6-8-19)9-11-26-23-28-22(25)33-24(29-23)27-21(30-33)20-4-3-14-35-20/h3-8,14,18H,9-13,15-16H2,1-2H3,(H3,25,26,27,28,29,30). The number of rotatable bonds is 10. The number of fused-ring (bicyclic) bond motifs is 1. The number of furan rings is 1. The van der Waals surface area contributed by atoms with Crippen LogP contribution in [0.25, 0.3) is 17.4 Å². The van der Waals surface area contributed by atoms with Crippen molar-refractivity contribution in [3.05, 3.63) is 48.2 Å². The van der Waals surface area contributed by atoms with Crippen LogP contribution >= 0.6 is 0 Å². The van der Waals surface area contributed by atoms with Crippen molar-refractivity contribution in [2.75, 3.05) is 57.9 Å². The zero-order valence-corrected chi connectivity index (χ0v) is 20.1. The van der Waals surface area contributed by atoms with Crippen LogP contribution in [0, 0.1) is 0 Å². The summed E-state index contributed by atoms with van der Waals surface area (Å²) in [5.41, 5.74) is 7.23. The highest BCUT2D eigenvalue weighted by Crippen LogP contribution is 2.18. The Morgan fingerprint density at radius 1 is 1.17 bits per heavy atom. The van der Waals surface area contributed by atoms with Gasteiger partial charge in [0.15, 0.2) is 5.76 Å². The third-order valence-electron chi connectivity index (χ3n) is 6.25. The zero-order chi connectivity index (χ0) is 24.2. The molecule has 0 spiro atoms. The van der Waals surface area contributed by atoms with Crippen LogP contribution in [0.2, 0.25) is 0 Å². The number of aromatic nitrogens is 5. The quantitative estimate of drug-likeness (QED) is 0.351. The van der Waals surface area contributed by atoms with Crippen LogP contribution in [0.4, 0.5) is 11.9 Å². The third kappa shape index (κ3) is 5.52. The first kappa shape index (κ1) is 23.1. The number of benzene rings is 1. The molecule has 1 fully saturated rings. The van der Waals surface area contributed by atoms with Gasteiger partial charge in [-0.25, -0.2) is 0 Å². The van der Waals surface area contributed by atoms with Gasteiger partial charge in [-0.2, -0.15) is 19.5 Å². The Bertz CT molecular complexity index is 1240. The second kappa shape index (κ2) is 10.3. The molecule has 184 valence electrons. The van der Waals surface area contributed by atoms with Crippen molar-refractivity contribution >= 4 is 17.7 Å². The van der Waals surface area contributed by atoms with Gasteiger partial charge in [0.25, 0.3) is 5.78 Å². The van der Waals surface area contributed by atoms with Gasteiger partial charge < -0.3 is 25.1 Å². The fourth-order valence-corrected chi connectivity index (χ4v) is 4.20. The van der Waals surface area contributed by atoms with E-state index in [-0.39, 0.29) is 5.95 Å². The number of likely N-dealkylation sites (N-methyl/N-ethyl adjacent to an activating group) is 1. The number of ether oxygens (including phenoxy) is 1. The highest BCUT2D eigenvalue weighted by molar-refractivity contribution is 5.52. The van der Waals surface area contributed by atoms with Crippen molar-refractivity contribution in [1.29, 1.82) is 0 Å². The van der Waals surface area contributed by atoms with Crippen molar-refractivity contribution < 1.29 is 9.15 Å². The number of nitrogens with two attached hydrogens (primary N) is 1. The van der Waals surface area contributed by atoms with Gasteiger partial charge >= 0.3 is 0 Å². The Labute approximate surface area is 203 Å². The van der Waals surface area contributed by atoms with E-state index in [2.05, 4.69) is 61.4 Å². The SMILES string of the molecule is CN(C)C1CCN(CCOc2ccc(CCNc3nc(N)n4nc(-c5ccco5)nc4n3)cc2)C1. The minimum Gasteiger partial charge on any atom is -0.492 e. The molecule has 4 heterocycles. The van der Waals surface area contributed by atoms with Gasteiger partial charge in [-0.15, -0.1) is 5.10 Å². The van der Waals surface area contributed by atoms with E-state index in [0.717, 1.165) is 31.8 Å². The number of hydrogen-bond acceptors (Lipinski definition) is 10. The summed E-state index contributed by atoms with van der Waals surface area (Å²) in [6.07, 6.45) is 3.60.